The molecule has 1 heterocycles. The molecular weight excluding hydrogens is 308 g/mol. The Hall–Kier alpha value is -1.55. The Morgan fingerprint density at radius 1 is 1.28 bits per heavy atom. The van der Waals surface area contributed by atoms with Crippen molar-refractivity contribution in [3.63, 3.8) is 0 Å². The van der Waals surface area contributed by atoms with Crippen molar-refractivity contribution < 1.29 is 0 Å². The zero-order valence-electron chi connectivity index (χ0n) is 16.3. The van der Waals surface area contributed by atoms with Gasteiger partial charge in [0.2, 0.25) is 0 Å². The van der Waals surface area contributed by atoms with E-state index in [1.54, 1.807) is 0 Å². The van der Waals surface area contributed by atoms with Gasteiger partial charge < -0.3 is 15.5 Å². The monoisotopic (exact) mass is 344 g/mol. The average Bonchev–Trinajstić information content (AvgIpc) is 3.07. The Balaban J connectivity index is 1.76. The van der Waals surface area contributed by atoms with Crippen molar-refractivity contribution in [1.29, 1.82) is 0 Å². The minimum atomic E-state index is 0.415. The van der Waals surface area contributed by atoms with Crippen LogP contribution in [0.3, 0.4) is 0 Å². The van der Waals surface area contributed by atoms with Gasteiger partial charge in [-0.3, -0.25) is 4.99 Å². The first-order chi connectivity index (χ1) is 12.2. The van der Waals surface area contributed by atoms with E-state index in [2.05, 4.69) is 66.6 Å². The third-order valence-corrected chi connectivity index (χ3v) is 4.85. The molecule has 4 heteroatoms. The predicted molar refractivity (Wildman–Crippen MR) is 108 cm³/mol. The molecule has 2 N–H and O–H groups in total. The van der Waals surface area contributed by atoms with Crippen LogP contribution in [0.4, 0.5) is 0 Å². The summed E-state index contributed by atoms with van der Waals surface area (Å²) >= 11 is 0. The molecule has 2 atom stereocenters. The van der Waals surface area contributed by atoms with Crippen molar-refractivity contribution in [2.45, 2.75) is 52.5 Å². The molecule has 2 unspecified atom stereocenters. The molecule has 1 aromatic carbocycles. The van der Waals surface area contributed by atoms with Crippen LogP contribution in [-0.4, -0.2) is 49.6 Å². The second-order valence-corrected chi connectivity index (χ2v) is 7.24. The Bertz CT molecular complexity index is 500. The Morgan fingerprint density at radius 2 is 2.08 bits per heavy atom. The third-order valence-electron chi connectivity index (χ3n) is 4.85. The highest BCUT2D eigenvalue weighted by molar-refractivity contribution is 5.80. The molecule has 0 amide bonds. The lowest BCUT2D eigenvalue weighted by Crippen LogP contribution is -2.42. The second kappa shape index (κ2) is 11.1. The van der Waals surface area contributed by atoms with Crippen molar-refractivity contribution in [3.05, 3.63) is 35.9 Å². The van der Waals surface area contributed by atoms with Crippen LogP contribution < -0.4 is 10.6 Å². The first-order valence-electron chi connectivity index (χ1n) is 10.0. The SMILES string of the molecule is CCCN1CCC(CN=C(NCC)NC(C)CCc2ccccc2)C1. The van der Waals surface area contributed by atoms with Gasteiger partial charge in [-0.2, -0.15) is 0 Å². The van der Waals surface area contributed by atoms with Crippen LogP contribution in [0.25, 0.3) is 0 Å². The lowest BCUT2D eigenvalue weighted by Gasteiger charge is -2.19. The largest absolute Gasteiger partial charge is 0.357 e. The lowest BCUT2D eigenvalue weighted by molar-refractivity contribution is 0.326. The number of nitrogens with zero attached hydrogens (tertiary/aromatic N) is 2. The van der Waals surface area contributed by atoms with Crippen molar-refractivity contribution >= 4 is 5.96 Å². The van der Waals surface area contributed by atoms with Crippen LogP contribution in [0, 0.1) is 5.92 Å². The van der Waals surface area contributed by atoms with Crippen molar-refractivity contribution in [2.24, 2.45) is 10.9 Å². The molecule has 0 spiro atoms. The van der Waals surface area contributed by atoms with Gasteiger partial charge in [0.25, 0.3) is 0 Å². The summed E-state index contributed by atoms with van der Waals surface area (Å²) in [7, 11) is 0. The minimum absolute atomic E-state index is 0.415. The summed E-state index contributed by atoms with van der Waals surface area (Å²) in [4.78, 5) is 7.43. The standard InChI is InChI=1S/C21H36N4/c1-4-14-25-15-13-20(17-25)16-23-21(22-5-2)24-18(3)11-12-19-9-7-6-8-10-19/h6-10,18,20H,4-5,11-17H2,1-3H3,(H2,22,23,24). The molecule has 4 nitrogen and oxygen atoms in total. The molecular formula is C21H36N4. The van der Waals surface area contributed by atoms with Crippen LogP contribution in [0.1, 0.15) is 45.6 Å². The molecule has 1 fully saturated rings. The van der Waals surface area contributed by atoms with Gasteiger partial charge in [-0.05, 0) is 64.1 Å². The van der Waals surface area contributed by atoms with E-state index < -0.39 is 0 Å². The fraction of sp³-hybridized carbons (Fsp3) is 0.667. The lowest BCUT2D eigenvalue weighted by atomic mass is 10.1. The summed E-state index contributed by atoms with van der Waals surface area (Å²) in [5.41, 5.74) is 1.40. The molecule has 0 aromatic heterocycles. The van der Waals surface area contributed by atoms with E-state index in [0.717, 1.165) is 31.9 Å². The van der Waals surface area contributed by atoms with Crippen LogP contribution in [-0.2, 0) is 6.42 Å². The summed E-state index contributed by atoms with van der Waals surface area (Å²) in [6.45, 7) is 12.2. The van der Waals surface area contributed by atoms with Crippen LogP contribution >= 0.6 is 0 Å². The number of aryl methyl sites for hydroxylation is 1. The van der Waals surface area contributed by atoms with Crippen molar-refractivity contribution in [3.8, 4) is 0 Å². The highest BCUT2D eigenvalue weighted by atomic mass is 15.2. The highest BCUT2D eigenvalue weighted by Crippen LogP contribution is 2.16. The average molecular weight is 345 g/mol. The van der Waals surface area contributed by atoms with Gasteiger partial charge in [0, 0.05) is 25.7 Å². The summed E-state index contributed by atoms with van der Waals surface area (Å²) < 4.78 is 0. The van der Waals surface area contributed by atoms with E-state index in [9.17, 15) is 0 Å². The van der Waals surface area contributed by atoms with Gasteiger partial charge in [0.15, 0.2) is 5.96 Å². The predicted octanol–water partition coefficient (Wildman–Crippen LogP) is 3.29. The number of nitrogens with one attached hydrogen (secondary N) is 2. The zero-order chi connectivity index (χ0) is 17.9. The summed E-state index contributed by atoms with van der Waals surface area (Å²) in [5.74, 6) is 1.68. The Kier molecular flexibility index (Phi) is 8.81. The smallest absolute Gasteiger partial charge is 0.191 e. The molecule has 25 heavy (non-hydrogen) atoms. The van der Waals surface area contributed by atoms with E-state index in [1.807, 2.05) is 0 Å². The number of rotatable bonds is 9. The molecule has 1 saturated heterocycles. The molecule has 0 saturated carbocycles. The minimum Gasteiger partial charge on any atom is -0.357 e. The Labute approximate surface area is 154 Å². The number of likely N-dealkylation sites (tertiary alicyclic amines) is 1. The van der Waals surface area contributed by atoms with Crippen LogP contribution in [0.5, 0.6) is 0 Å². The molecule has 1 aromatic rings. The van der Waals surface area contributed by atoms with E-state index >= 15 is 0 Å². The number of hydrogen-bond acceptors (Lipinski definition) is 2. The summed E-state index contributed by atoms with van der Waals surface area (Å²) in [6.07, 6.45) is 4.75. The van der Waals surface area contributed by atoms with E-state index in [0.29, 0.717) is 12.0 Å². The molecule has 1 aliphatic heterocycles. The number of benzene rings is 1. The second-order valence-electron chi connectivity index (χ2n) is 7.24. The van der Waals surface area contributed by atoms with E-state index in [4.69, 9.17) is 4.99 Å². The normalized spacial score (nSPS) is 19.8. The van der Waals surface area contributed by atoms with Gasteiger partial charge in [-0.25, -0.2) is 0 Å². The maximum atomic E-state index is 4.85. The molecule has 0 aliphatic carbocycles. The fourth-order valence-corrected chi connectivity index (χ4v) is 3.46. The summed E-state index contributed by atoms with van der Waals surface area (Å²) in [5, 5.41) is 6.97. The van der Waals surface area contributed by atoms with Crippen molar-refractivity contribution in [1.82, 2.24) is 15.5 Å². The molecule has 140 valence electrons. The number of aliphatic imine (C=N–C) groups is 1. The van der Waals surface area contributed by atoms with Gasteiger partial charge in [-0.1, -0.05) is 37.3 Å². The first kappa shape index (κ1) is 19.8. The van der Waals surface area contributed by atoms with Gasteiger partial charge in [0.1, 0.15) is 0 Å². The highest BCUT2D eigenvalue weighted by Gasteiger charge is 2.21. The van der Waals surface area contributed by atoms with Gasteiger partial charge in [-0.15, -0.1) is 0 Å². The zero-order valence-corrected chi connectivity index (χ0v) is 16.3. The molecule has 1 aliphatic rings. The third kappa shape index (κ3) is 7.47. The van der Waals surface area contributed by atoms with Gasteiger partial charge in [0.05, 0.1) is 0 Å². The van der Waals surface area contributed by atoms with E-state index in [1.165, 1.54) is 38.0 Å². The quantitative estimate of drug-likeness (QED) is 0.533. The van der Waals surface area contributed by atoms with Gasteiger partial charge >= 0.3 is 0 Å². The van der Waals surface area contributed by atoms with Crippen LogP contribution in [0.15, 0.2) is 35.3 Å². The Morgan fingerprint density at radius 3 is 2.80 bits per heavy atom. The number of hydrogen-bond donors (Lipinski definition) is 2. The number of guanidine groups is 1. The fourth-order valence-electron chi connectivity index (χ4n) is 3.46. The summed E-state index contributed by atoms with van der Waals surface area (Å²) in [6, 6.07) is 11.1. The first-order valence-corrected chi connectivity index (χ1v) is 10.0. The van der Waals surface area contributed by atoms with Crippen LogP contribution in [0.2, 0.25) is 0 Å². The molecule has 0 bridgehead atoms. The van der Waals surface area contributed by atoms with E-state index in [-0.39, 0.29) is 0 Å². The topological polar surface area (TPSA) is 39.7 Å². The maximum Gasteiger partial charge on any atom is 0.191 e. The molecule has 2 rings (SSSR count). The molecule has 0 radical (unpaired) electrons. The maximum absolute atomic E-state index is 4.85. The van der Waals surface area contributed by atoms with Crippen molar-refractivity contribution in [2.75, 3.05) is 32.7 Å².